The molecule has 2 aromatic rings. The molecule has 2 aliphatic rings. The van der Waals surface area contributed by atoms with E-state index >= 15 is 0 Å². The minimum absolute atomic E-state index is 0.538. The van der Waals surface area contributed by atoms with E-state index in [1.165, 1.54) is 55.2 Å². The summed E-state index contributed by atoms with van der Waals surface area (Å²) in [7, 11) is 0. The maximum absolute atomic E-state index is 6.09. The fourth-order valence-electron chi connectivity index (χ4n) is 4.71. The zero-order chi connectivity index (χ0) is 19.3. The van der Waals surface area contributed by atoms with Gasteiger partial charge in [-0.1, -0.05) is 73.9 Å². The molecule has 2 aliphatic carbocycles. The molecule has 2 unspecified atom stereocenters. The predicted molar refractivity (Wildman–Crippen MR) is 118 cm³/mol. The molecule has 0 amide bonds. The highest BCUT2D eigenvalue weighted by Gasteiger charge is 2.20. The van der Waals surface area contributed by atoms with Gasteiger partial charge in [0.25, 0.3) is 0 Å². The molecule has 0 heterocycles. The Morgan fingerprint density at radius 2 is 1.25 bits per heavy atom. The van der Waals surface area contributed by atoms with Crippen LogP contribution in [0.25, 0.3) is 0 Å². The Morgan fingerprint density at radius 1 is 0.714 bits per heavy atom. The van der Waals surface area contributed by atoms with Crippen molar-refractivity contribution in [1.29, 1.82) is 0 Å². The van der Waals surface area contributed by atoms with Crippen molar-refractivity contribution < 1.29 is 4.74 Å². The summed E-state index contributed by atoms with van der Waals surface area (Å²) < 4.78 is 6.09. The van der Waals surface area contributed by atoms with E-state index in [4.69, 9.17) is 4.74 Å². The van der Waals surface area contributed by atoms with Crippen LogP contribution in [-0.4, -0.2) is 6.61 Å². The van der Waals surface area contributed by atoms with Crippen LogP contribution < -0.4 is 4.74 Å². The van der Waals surface area contributed by atoms with E-state index in [1.807, 2.05) is 0 Å². The zero-order valence-electron chi connectivity index (χ0n) is 17.4. The highest BCUT2D eigenvalue weighted by atomic mass is 16.5. The van der Waals surface area contributed by atoms with Crippen molar-refractivity contribution in [1.82, 2.24) is 0 Å². The van der Waals surface area contributed by atoms with Crippen molar-refractivity contribution in [3.63, 3.8) is 0 Å². The lowest BCUT2D eigenvalue weighted by molar-refractivity contribution is 0.188. The lowest BCUT2D eigenvalue weighted by atomic mass is 9.81. The molecule has 1 nitrogen and oxygen atoms in total. The van der Waals surface area contributed by atoms with Gasteiger partial charge in [-0.2, -0.15) is 0 Å². The van der Waals surface area contributed by atoms with Crippen molar-refractivity contribution in [2.45, 2.75) is 64.2 Å². The first-order valence-corrected chi connectivity index (χ1v) is 11.1. The summed E-state index contributed by atoms with van der Waals surface area (Å²) in [4.78, 5) is 0. The third-order valence-corrected chi connectivity index (χ3v) is 6.80. The van der Waals surface area contributed by atoms with Crippen LogP contribution in [0.2, 0.25) is 0 Å². The predicted octanol–water partition coefficient (Wildman–Crippen LogP) is 7.42. The monoisotopic (exact) mass is 374 g/mol. The number of benzene rings is 2. The van der Waals surface area contributed by atoms with E-state index in [-0.39, 0.29) is 0 Å². The van der Waals surface area contributed by atoms with Crippen LogP contribution in [-0.2, 0) is 0 Å². The van der Waals surface area contributed by atoms with Gasteiger partial charge < -0.3 is 4.74 Å². The molecule has 148 valence electrons. The molecule has 0 radical (unpaired) electrons. The summed E-state index contributed by atoms with van der Waals surface area (Å²) in [5.74, 6) is 3.79. The van der Waals surface area contributed by atoms with Gasteiger partial charge in [-0.25, -0.2) is 0 Å². The number of ether oxygens (including phenoxy) is 1. The van der Waals surface area contributed by atoms with Crippen molar-refractivity contribution in [2.24, 2.45) is 11.8 Å². The second kappa shape index (κ2) is 8.99. The fourth-order valence-corrected chi connectivity index (χ4v) is 4.71. The molecule has 2 aromatic carbocycles. The first-order valence-electron chi connectivity index (χ1n) is 11.1. The maximum atomic E-state index is 6.09. The Balaban J connectivity index is 1.30. The van der Waals surface area contributed by atoms with Crippen LogP contribution in [0.5, 0.6) is 5.75 Å². The molecule has 2 atom stereocenters. The van der Waals surface area contributed by atoms with Gasteiger partial charge in [0.1, 0.15) is 5.75 Å². The SMILES string of the molecule is Cc1ccc(C2C=CC(c3ccc(OCC4CCC(C)CC4)cc3)CC2)cc1. The normalized spacial score (nSPS) is 27.5. The van der Waals surface area contributed by atoms with Crippen molar-refractivity contribution >= 4 is 0 Å². The number of hydrogen-bond donors (Lipinski definition) is 0. The average molecular weight is 375 g/mol. The van der Waals surface area contributed by atoms with Gasteiger partial charge in [0.2, 0.25) is 0 Å². The van der Waals surface area contributed by atoms with E-state index in [0.29, 0.717) is 11.8 Å². The number of aryl methyl sites for hydroxylation is 1. The van der Waals surface area contributed by atoms with E-state index in [1.54, 1.807) is 0 Å². The third-order valence-electron chi connectivity index (χ3n) is 6.80. The van der Waals surface area contributed by atoms with Crippen LogP contribution in [0.3, 0.4) is 0 Å². The number of hydrogen-bond acceptors (Lipinski definition) is 1. The van der Waals surface area contributed by atoms with E-state index in [9.17, 15) is 0 Å². The molecule has 1 fully saturated rings. The molecule has 0 spiro atoms. The maximum Gasteiger partial charge on any atom is 0.119 e. The van der Waals surface area contributed by atoms with Crippen LogP contribution in [0.1, 0.15) is 74.0 Å². The summed E-state index contributed by atoms with van der Waals surface area (Å²) in [5.41, 5.74) is 4.19. The summed E-state index contributed by atoms with van der Waals surface area (Å²) in [6.07, 6.45) is 12.6. The first-order chi connectivity index (χ1) is 13.7. The minimum Gasteiger partial charge on any atom is -0.493 e. The molecule has 1 heteroatoms. The van der Waals surface area contributed by atoms with Crippen molar-refractivity contribution in [2.75, 3.05) is 6.61 Å². The second-order valence-corrected chi connectivity index (χ2v) is 9.09. The molecule has 0 N–H and O–H groups in total. The molecular formula is C27H34O. The topological polar surface area (TPSA) is 9.23 Å². The van der Waals surface area contributed by atoms with Gasteiger partial charge >= 0.3 is 0 Å². The molecule has 0 aliphatic heterocycles. The van der Waals surface area contributed by atoms with E-state index < -0.39 is 0 Å². The molecule has 0 aromatic heterocycles. The van der Waals surface area contributed by atoms with Crippen LogP contribution in [0.15, 0.2) is 60.7 Å². The third kappa shape index (κ3) is 4.87. The largest absolute Gasteiger partial charge is 0.493 e. The lowest BCUT2D eigenvalue weighted by Gasteiger charge is -2.26. The van der Waals surface area contributed by atoms with Gasteiger partial charge in [0, 0.05) is 11.8 Å². The molecule has 0 saturated heterocycles. The molecule has 0 bridgehead atoms. The smallest absolute Gasteiger partial charge is 0.119 e. The van der Waals surface area contributed by atoms with Crippen LogP contribution >= 0.6 is 0 Å². The Morgan fingerprint density at radius 3 is 1.79 bits per heavy atom. The summed E-state index contributed by atoms with van der Waals surface area (Å²) >= 11 is 0. The Hall–Kier alpha value is -2.02. The summed E-state index contributed by atoms with van der Waals surface area (Å²) in [6, 6.07) is 17.9. The van der Waals surface area contributed by atoms with Crippen molar-refractivity contribution in [3.8, 4) is 5.75 Å². The summed E-state index contributed by atoms with van der Waals surface area (Å²) in [5, 5.41) is 0. The van der Waals surface area contributed by atoms with Crippen LogP contribution in [0.4, 0.5) is 0 Å². The zero-order valence-corrected chi connectivity index (χ0v) is 17.4. The van der Waals surface area contributed by atoms with Crippen LogP contribution in [0, 0.1) is 18.8 Å². The standard InChI is InChI=1S/C27H34O/c1-20-3-7-22(8-4-20)19-28-27-17-15-26(16-18-27)25-13-11-24(12-14-25)23-9-5-21(2)6-10-23/h5-6,9-11,13,15-18,20,22,24-25H,3-4,7-8,12,14,19H2,1-2H3. The quantitative estimate of drug-likeness (QED) is 0.495. The second-order valence-electron chi connectivity index (χ2n) is 9.09. The van der Waals surface area contributed by atoms with Gasteiger partial charge in [-0.05, 0) is 67.7 Å². The van der Waals surface area contributed by atoms with Gasteiger partial charge in [-0.3, -0.25) is 0 Å². The van der Waals surface area contributed by atoms with Gasteiger partial charge in [0.05, 0.1) is 6.61 Å². The summed E-state index contributed by atoms with van der Waals surface area (Å²) in [6.45, 7) is 5.41. The highest BCUT2D eigenvalue weighted by Crippen LogP contribution is 2.36. The van der Waals surface area contributed by atoms with E-state index in [0.717, 1.165) is 24.2 Å². The minimum atomic E-state index is 0.538. The highest BCUT2D eigenvalue weighted by molar-refractivity contribution is 5.34. The fraction of sp³-hybridized carbons (Fsp3) is 0.481. The average Bonchev–Trinajstić information content (AvgIpc) is 2.74. The van der Waals surface area contributed by atoms with E-state index in [2.05, 4.69) is 74.5 Å². The van der Waals surface area contributed by atoms with Crippen molar-refractivity contribution in [3.05, 3.63) is 77.4 Å². The number of rotatable bonds is 5. The first kappa shape index (κ1) is 19.3. The molecule has 1 saturated carbocycles. The Kier molecular flexibility index (Phi) is 6.20. The van der Waals surface area contributed by atoms with Gasteiger partial charge in [-0.15, -0.1) is 0 Å². The van der Waals surface area contributed by atoms with Gasteiger partial charge in [0.15, 0.2) is 0 Å². The number of allylic oxidation sites excluding steroid dienone is 2. The molecule has 4 rings (SSSR count). The lowest BCUT2D eigenvalue weighted by Crippen LogP contribution is -2.18. The Labute approximate surface area is 170 Å². The molecular weight excluding hydrogens is 340 g/mol. The molecule has 28 heavy (non-hydrogen) atoms. The Bertz CT molecular complexity index is 763.